The predicted molar refractivity (Wildman–Crippen MR) is 80.2 cm³/mol. The van der Waals surface area contributed by atoms with E-state index in [1.165, 1.54) is 41.2 Å². The molecule has 0 aromatic carbocycles. The minimum atomic E-state index is 0.201. The Hall–Kier alpha value is -0.380. The van der Waals surface area contributed by atoms with Crippen LogP contribution in [0.1, 0.15) is 48.9 Å². The molecule has 0 spiro atoms. The number of thiophene rings is 1. The van der Waals surface area contributed by atoms with Gasteiger partial charge in [0.2, 0.25) is 0 Å². The molecule has 2 rings (SSSR count). The van der Waals surface area contributed by atoms with Crippen LogP contribution in [0.4, 0.5) is 0 Å². The second kappa shape index (κ2) is 5.72. The lowest BCUT2D eigenvalue weighted by molar-refractivity contribution is 0.331. The standard InChI is InChI=1S/C15H26N2S/c1-12-13(11-17-7-5-6-8-17)9-14(18-12)10-16-15(2,3)4/h9,16H,5-8,10-11H2,1-4H3. The van der Waals surface area contributed by atoms with Gasteiger partial charge in [-0.25, -0.2) is 0 Å². The van der Waals surface area contributed by atoms with Gasteiger partial charge < -0.3 is 5.32 Å². The van der Waals surface area contributed by atoms with E-state index in [-0.39, 0.29) is 5.54 Å². The molecule has 0 aliphatic carbocycles. The molecular weight excluding hydrogens is 240 g/mol. The van der Waals surface area contributed by atoms with Crippen LogP contribution >= 0.6 is 11.3 Å². The maximum atomic E-state index is 3.57. The third-order valence-corrected chi connectivity index (χ3v) is 4.55. The third kappa shape index (κ3) is 4.08. The van der Waals surface area contributed by atoms with Gasteiger partial charge in [-0.05, 0) is 65.3 Å². The largest absolute Gasteiger partial charge is 0.307 e. The molecule has 0 bridgehead atoms. The Morgan fingerprint density at radius 2 is 1.94 bits per heavy atom. The van der Waals surface area contributed by atoms with E-state index in [9.17, 15) is 0 Å². The van der Waals surface area contributed by atoms with E-state index in [0.717, 1.165) is 13.1 Å². The SMILES string of the molecule is Cc1sc(CNC(C)(C)C)cc1CN1CCCC1. The molecular formula is C15H26N2S. The van der Waals surface area contributed by atoms with Gasteiger partial charge in [0.05, 0.1) is 0 Å². The van der Waals surface area contributed by atoms with Crippen molar-refractivity contribution in [1.29, 1.82) is 0 Å². The zero-order valence-corrected chi connectivity index (χ0v) is 13.0. The van der Waals surface area contributed by atoms with Crippen molar-refractivity contribution in [3.8, 4) is 0 Å². The molecule has 18 heavy (non-hydrogen) atoms. The van der Waals surface area contributed by atoms with Crippen molar-refractivity contribution in [3.05, 3.63) is 21.4 Å². The van der Waals surface area contributed by atoms with Crippen molar-refractivity contribution in [3.63, 3.8) is 0 Å². The lowest BCUT2D eigenvalue weighted by Crippen LogP contribution is -2.34. The molecule has 0 unspecified atom stereocenters. The van der Waals surface area contributed by atoms with Gasteiger partial charge in [-0.3, -0.25) is 4.90 Å². The molecule has 1 saturated heterocycles. The van der Waals surface area contributed by atoms with Crippen LogP contribution < -0.4 is 5.32 Å². The number of hydrogen-bond acceptors (Lipinski definition) is 3. The second-order valence-electron chi connectivity index (χ2n) is 6.38. The van der Waals surface area contributed by atoms with Crippen molar-refractivity contribution in [2.75, 3.05) is 13.1 Å². The van der Waals surface area contributed by atoms with Gasteiger partial charge in [-0.1, -0.05) is 0 Å². The highest BCUT2D eigenvalue weighted by Crippen LogP contribution is 2.24. The van der Waals surface area contributed by atoms with E-state index in [2.05, 4.69) is 44.0 Å². The summed E-state index contributed by atoms with van der Waals surface area (Å²) in [7, 11) is 0. The van der Waals surface area contributed by atoms with Gasteiger partial charge in [0.1, 0.15) is 0 Å². The smallest absolute Gasteiger partial charge is 0.0304 e. The Labute approximate surface area is 115 Å². The van der Waals surface area contributed by atoms with Crippen molar-refractivity contribution in [1.82, 2.24) is 10.2 Å². The maximum absolute atomic E-state index is 3.57. The average Bonchev–Trinajstić information content (AvgIpc) is 2.86. The molecule has 3 heteroatoms. The molecule has 0 amide bonds. The van der Waals surface area contributed by atoms with E-state index in [4.69, 9.17) is 0 Å². The molecule has 2 nitrogen and oxygen atoms in total. The molecule has 1 fully saturated rings. The molecule has 1 N–H and O–H groups in total. The van der Waals surface area contributed by atoms with Crippen LogP contribution in [0.2, 0.25) is 0 Å². The van der Waals surface area contributed by atoms with E-state index in [1.807, 2.05) is 11.3 Å². The average molecular weight is 266 g/mol. The first-order chi connectivity index (χ1) is 8.44. The van der Waals surface area contributed by atoms with E-state index in [0.29, 0.717) is 0 Å². The molecule has 1 aliphatic rings. The number of aryl methyl sites for hydroxylation is 1. The maximum Gasteiger partial charge on any atom is 0.0304 e. The zero-order valence-electron chi connectivity index (χ0n) is 12.2. The quantitative estimate of drug-likeness (QED) is 0.896. The molecule has 0 radical (unpaired) electrons. The number of likely N-dealkylation sites (tertiary alicyclic amines) is 1. The first-order valence-corrected chi connectivity index (χ1v) is 7.81. The third-order valence-electron chi connectivity index (χ3n) is 3.46. The first kappa shape index (κ1) is 14.0. The second-order valence-corrected chi connectivity index (χ2v) is 7.72. The number of hydrogen-bond donors (Lipinski definition) is 1. The Bertz CT molecular complexity index is 384. The summed E-state index contributed by atoms with van der Waals surface area (Å²) in [5.74, 6) is 0. The molecule has 102 valence electrons. The minimum Gasteiger partial charge on any atom is -0.307 e. The highest BCUT2D eigenvalue weighted by atomic mass is 32.1. The Morgan fingerprint density at radius 3 is 2.56 bits per heavy atom. The lowest BCUT2D eigenvalue weighted by Gasteiger charge is -2.19. The summed E-state index contributed by atoms with van der Waals surface area (Å²) in [6.07, 6.45) is 2.75. The fourth-order valence-corrected chi connectivity index (χ4v) is 3.36. The number of nitrogens with zero attached hydrogens (tertiary/aromatic N) is 1. The van der Waals surface area contributed by atoms with E-state index in [1.54, 1.807) is 0 Å². The van der Waals surface area contributed by atoms with E-state index >= 15 is 0 Å². The first-order valence-electron chi connectivity index (χ1n) is 6.99. The van der Waals surface area contributed by atoms with Crippen molar-refractivity contribution in [2.24, 2.45) is 0 Å². The fraction of sp³-hybridized carbons (Fsp3) is 0.733. The summed E-state index contributed by atoms with van der Waals surface area (Å²) in [5, 5.41) is 3.57. The normalized spacial score (nSPS) is 17.6. The highest BCUT2D eigenvalue weighted by molar-refractivity contribution is 7.12. The molecule has 1 aliphatic heterocycles. The summed E-state index contributed by atoms with van der Waals surface area (Å²) in [6.45, 7) is 13.6. The lowest BCUT2D eigenvalue weighted by atomic mass is 10.1. The molecule has 0 saturated carbocycles. The summed E-state index contributed by atoms with van der Waals surface area (Å²) >= 11 is 1.95. The minimum absolute atomic E-state index is 0.201. The Morgan fingerprint density at radius 1 is 1.28 bits per heavy atom. The number of nitrogens with one attached hydrogen (secondary N) is 1. The van der Waals surface area contributed by atoms with Crippen LogP contribution in [0.5, 0.6) is 0 Å². The number of rotatable bonds is 4. The van der Waals surface area contributed by atoms with Crippen molar-refractivity contribution in [2.45, 2.75) is 59.2 Å². The van der Waals surface area contributed by atoms with Gasteiger partial charge >= 0.3 is 0 Å². The van der Waals surface area contributed by atoms with Crippen LogP contribution in [0.15, 0.2) is 6.07 Å². The fourth-order valence-electron chi connectivity index (χ4n) is 2.37. The summed E-state index contributed by atoms with van der Waals surface area (Å²) in [4.78, 5) is 5.54. The van der Waals surface area contributed by atoms with Gasteiger partial charge in [0, 0.05) is 28.4 Å². The topological polar surface area (TPSA) is 15.3 Å². The summed E-state index contributed by atoms with van der Waals surface area (Å²) in [6, 6.07) is 2.40. The van der Waals surface area contributed by atoms with Crippen LogP contribution in [-0.4, -0.2) is 23.5 Å². The zero-order chi connectivity index (χ0) is 13.2. The van der Waals surface area contributed by atoms with Gasteiger partial charge in [-0.2, -0.15) is 0 Å². The molecule has 0 atom stereocenters. The van der Waals surface area contributed by atoms with Crippen LogP contribution in [0, 0.1) is 6.92 Å². The monoisotopic (exact) mass is 266 g/mol. The van der Waals surface area contributed by atoms with E-state index < -0.39 is 0 Å². The van der Waals surface area contributed by atoms with Crippen LogP contribution in [-0.2, 0) is 13.1 Å². The molecule has 1 aromatic heterocycles. The molecule has 2 heterocycles. The Kier molecular flexibility index (Phi) is 4.46. The van der Waals surface area contributed by atoms with Gasteiger partial charge in [0.15, 0.2) is 0 Å². The summed E-state index contributed by atoms with van der Waals surface area (Å²) in [5.41, 5.74) is 1.74. The van der Waals surface area contributed by atoms with Gasteiger partial charge in [-0.15, -0.1) is 11.3 Å². The van der Waals surface area contributed by atoms with Crippen LogP contribution in [0.3, 0.4) is 0 Å². The van der Waals surface area contributed by atoms with Crippen molar-refractivity contribution >= 4 is 11.3 Å². The van der Waals surface area contributed by atoms with Crippen molar-refractivity contribution < 1.29 is 0 Å². The van der Waals surface area contributed by atoms with Crippen LogP contribution in [0.25, 0.3) is 0 Å². The van der Waals surface area contributed by atoms with Gasteiger partial charge in [0.25, 0.3) is 0 Å². The predicted octanol–water partition coefficient (Wildman–Crippen LogP) is 3.54. The highest BCUT2D eigenvalue weighted by Gasteiger charge is 2.15. The molecule has 1 aromatic rings. The summed E-state index contributed by atoms with van der Waals surface area (Å²) < 4.78 is 0. The Balaban J connectivity index is 1.93.